The summed E-state index contributed by atoms with van der Waals surface area (Å²) in [5.74, 6) is -1.22. The van der Waals surface area contributed by atoms with Crippen molar-refractivity contribution in [1.82, 2.24) is 0 Å². The molecule has 1 saturated heterocycles. The SMILES string of the molecule is CC(=O)OC1COC(C(=O)OCc2ccccc2)[C@@H](O)[C@H]1OCc1ccccc1. The van der Waals surface area contributed by atoms with Crippen LogP contribution in [0.2, 0.25) is 0 Å². The summed E-state index contributed by atoms with van der Waals surface area (Å²) in [5, 5.41) is 10.7. The monoisotopic (exact) mass is 400 g/mol. The quantitative estimate of drug-likeness (QED) is 0.711. The van der Waals surface area contributed by atoms with Crippen LogP contribution in [0.5, 0.6) is 0 Å². The fourth-order valence-electron chi connectivity index (χ4n) is 3.09. The van der Waals surface area contributed by atoms with E-state index < -0.39 is 36.4 Å². The lowest BCUT2D eigenvalue weighted by Crippen LogP contribution is -2.58. The fourth-order valence-corrected chi connectivity index (χ4v) is 3.09. The lowest BCUT2D eigenvalue weighted by molar-refractivity contribution is -0.226. The molecule has 4 atom stereocenters. The third-order valence-electron chi connectivity index (χ3n) is 4.51. The molecule has 7 nitrogen and oxygen atoms in total. The standard InChI is InChI=1S/C22H24O7/c1-15(23)29-18-14-27-21(22(25)28-13-17-10-6-3-7-11-17)19(24)20(18)26-12-16-8-4-2-5-9-16/h2-11,18-21,24H,12-14H2,1H3/t18?,19-,20-,21?/m0/s1. The van der Waals surface area contributed by atoms with Gasteiger partial charge in [0.05, 0.1) is 13.2 Å². The van der Waals surface area contributed by atoms with E-state index >= 15 is 0 Å². The molecule has 0 radical (unpaired) electrons. The van der Waals surface area contributed by atoms with Crippen molar-refractivity contribution in [2.75, 3.05) is 6.61 Å². The van der Waals surface area contributed by atoms with Crippen molar-refractivity contribution >= 4 is 11.9 Å². The highest BCUT2D eigenvalue weighted by Gasteiger charge is 2.46. The Labute approximate surface area is 169 Å². The molecule has 0 aliphatic carbocycles. The van der Waals surface area contributed by atoms with Crippen molar-refractivity contribution in [1.29, 1.82) is 0 Å². The zero-order valence-electron chi connectivity index (χ0n) is 16.1. The molecule has 0 aromatic heterocycles. The summed E-state index contributed by atoms with van der Waals surface area (Å²) in [6, 6.07) is 18.6. The van der Waals surface area contributed by atoms with Crippen LogP contribution in [0.4, 0.5) is 0 Å². The molecule has 7 heteroatoms. The predicted octanol–water partition coefficient (Wildman–Crippen LogP) is 2.01. The van der Waals surface area contributed by atoms with Gasteiger partial charge in [0, 0.05) is 6.92 Å². The number of esters is 2. The maximum Gasteiger partial charge on any atom is 0.338 e. The summed E-state index contributed by atoms with van der Waals surface area (Å²) in [4.78, 5) is 23.9. The molecule has 2 unspecified atom stereocenters. The average Bonchev–Trinajstić information content (AvgIpc) is 2.73. The lowest BCUT2D eigenvalue weighted by atomic mass is 9.99. The number of hydrogen-bond donors (Lipinski definition) is 1. The van der Waals surface area contributed by atoms with Gasteiger partial charge in [-0.2, -0.15) is 0 Å². The van der Waals surface area contributed by atoms with Crippen LogP contribution in [0.3, 0.4) is 0 Å². The second-order valence-corrected chi connectivity index (χ2v) is 6.75. The molecule has 154 valence electrons. The van der Waals surface area contributed by atoms with E-state index in [-0.39, 0.29) is 19.8 Å². The van der Waals surface area contributed by atoms with E-state index in [0.29, 0.717) is 0 Å². The van der Waals surface area contributed by atoms with Gasteiger partial charge < -0.3 is 24.1 Å². The van der Waals surface area contributed by atoms with E-state index in [1.165, 1.54) is 6.92 Å². The van der Waals surface area contributed by atoms with Crippen LogP contribution in [0.25, 0.3) is 0 Å². The van der Waals surface area contributed by atoms with E-state index in [1.54, 1.807) is 0 Å². The molecule has 2 aromatic carbocycles. The molecule has 2 aromatic rings. The zero-order chi connectivity index (χ0) is 20.6. The van der Waals surface area contributed by atoms with Crippen molar-refractivity contribution < 1.29 is 33.6 Å². The number of aliphatic hydroxyl groups excluding tert-OH is 1. The van der Waals surface area contributed by atoms with Gasteiger partial charge in [-0.15, -0.1) is 0 Å². The van der Waals surface area contributed by atoms with Crippen LogP contribution in [0.1, 0.15) is 18.1 Å². The number of rotatable bonds is 7. The number of ether oxygens (including phenoxy) is 4. The molecule has 0 amide bonds. The van der Waals surface area contributed by atoms with Crippen LogP contribution in [-0.2, 0) is 41.8 Å². The molecule has 0 spiro atoms. The van der Waals surface area contributed by atoms with Gasteiger partial charge in [-0.3, -0.25) is 4.79 Å². The normalized spacial score (nSPS) is 23.9. The zero-order valence-corrected chi connectivity index (χ0v) is 16.1. The average molecular weight is 400 g/mol. The lowest BCUT2D eigenvalue weighted by Gasteiger charge is -2.38. The number of carbonyl (C=O) groups is 2. The van der Waals surface area contributed by atoms with Gasteiger partial charge in [-0.25, -0.2) is 4.79 Å². The van der Waals surface area contributed by atoms with Crippen molar-refractivity contribution in [3.8, 4) is 0 Å². The third kappa shape index (κ3) is 5.87. The minimum Gasteiger partial charge on any atom is -0.459 e. The highest BCUT2D eigenvalue weighted by atomic mass is 16.6. The maximum absolute atomic E-state index is 12.5. The van der Waals surface area contributed by atoms with Gasteiger partial charge in [0.25, 0.3) is 0 Å². The summed E-state index contributed by atoms with van der Waals surface area (Å²) in [6.07, 6.45) is -4.34. The van der Waals surface area contributed by atoms with Gasteiger partial charge in [0.1, 0.15) is 18.8 Å². The molecule has 3 rings (SSSR count). The summed E-state index contributed by atoms with van der Waals surface area (Å²) in [5.41, 5.74) is 1.71. The summed E-state index contributed by atoms with van der Waals surface area (Å²) < 4.78 is 21.8. The summed E-state index contributed by atoms with van der Waals surface area (Å²) >= 11 is 0. The summed E-state index contributed by atoms with van der Waals surface area (Å²) in [7, 11) is 0. The number of hydrogen-bond acceptors (Lipinski definition) is 7. The van der Waals surface area contributed by atoms with Crippen molar-refractivity contribution in [2.45, 2.75) is 44.6 Å². The molecule has 1 aliphatic rings. The minimum atomic E-state index is -1.35. The van der Waals surface area contributed by atoms with Crippen molar-refractivity contribution in [2.24, 2.45) is 0 Å². The highest BCUT2D eigenvalue weighted by molar-refractivity contribution is 5.76. The van der Waals surface area contributed by atoms with Gasteiger partial charge in [0.15, 0.2) is 12.2 Å². The largest absolute Gasteiger partial charge is 0.459 e. The molecule has 1 N–H and O–H groups in total. The first kappa shape index (κ1) is 21.0. The molecular formula is C22H24O7. The fraction of sp³-hybridized carbons (Fsp3) is 0.364. The van der Waals surface area contributed by atoms with E-state index in [4.69, 9.17) is 18.9 Å². The number of carbonyl (C=O) groups excluding carboxylic acids is 2. The van der Waals surface area contributed by atoms with Crippen LogP contribution in [0, 0.1) is 0 Å². The second-order valence-electron chi connectivity index (χ2n) is 6.75. The first-order chi connectivity index (χ1) is 14.0. The minimum absolute atomic E-state index is 0.0646. The second kappa shape index (κ2) is 10.2. The van der Waals surface area contributed by atoms with Crippen LogP contribution in [0.15, 0.2) is 60.7 Å². The Balaban J connectivity index is 1.64. The molecular weight excluding hydrogens is 376 g/mol. The van der Waals surface area contributed by atoms with Crippen LogP contribution in [-0.4, -0.2) is 48.1 Å². The molecule has 1 fully saturated rings. The van der Waals surface area contributed by atoms with Crippen LogP contribution < -0.4 is 0 Å². The highest BCUT2D eigenvalue weighted by Crippen LogP contribution is 2.23. The number of benzene rings is 2. The molecule has 0 bridgehead atoms. The molecule has 29 heavy (non-hydrogen) atoms. The van der Waals surface area contributed by atoms with E-state index in [0.717, 1.165) is 11.1 Å². The Kier molecular flexibility index (Phi) is 7.35. The van der Waals surface area contributed by atoms with E-state index in [2.05, 4.69) is 0 Å². The van der Waals surface area contributed by atoms with Crippen molar-refractivity contribution in [3.05, 3.63) is 71.8 Å². The van der Waals surface area contributed by atoms with Gasteiger partial charge >= 0.3 is 11.9 Å². The Hall–Kier alpha value is -2.74. The summed E-state index contributed by atoms with van der Waals surface area (Å²) in [6.45, 7) is 1.43. The first-order valence-electron chi connectivity index (χ1n) is 9.37. The molecule has 0 saturated carbocycles. The molecule has 1 heterocycles. The molecule has 1 aliphatic heterocycles. The smallest absolute Gasteiger partial charge is 0.338 e. The topological polar surface area (TPSA) is 91.3 Å². The Morgan fingerprint density at radius 2 is 1.59 bits per heavy atom. The Morgan fingerprint density at radius 3 is 2.17 bits per heavy atom. The number of aliphatic hydroxyl groups is 1. The van der Waals surface area contributed by atoms with E-state index in [1.807, 2.05) is 60.7 Å². The Bertz CT molecular complexity index is 793. The van der Waals surface area contributed by atoms with Crippen LogP contribution >= 0.6 is 0 Å². The maximum atomic E-state index is 12.5. The van der Waals surface area contributed by atoms with E-state index in [9.17, 15) is 14.7 Å². The third-order valence-corrected chi connectivity index (χ3v) is 4.51. The van der Waals surface area contributed by atoms with Gasteiger partial charge in [-0.05, 0) is 11.1 Å². The van der Waals surface area contributed by atoms with Gasteiger partial charge in [-0.1, -0.05) is 60.7 Å². The Morgan fingerprint density at radius 1 is 1.00 bits per heavy atom. The predicted molar refractivity (Wildman–Crippen MR) is 103 cm³/mol. The van der Waals surface area contributed by atoms with Crippen molar-refractivity contribution in [3.63, 3.8) is 0 Å². The first-order valence-corrected chi connectivity index (χ1v) is 9.37. The van der Waals surface area contributed by atoms with Gasteiger partial charge in [0.2, 0.25) is 0 Å².